The predicted octanol–water partition coefficient (Wildman–Crippen LogP) is 2.50. The average Bonchev–Trinajstić information content (AvgIpc) is 3.45. The summed E-state index contributed by atoms with van der Waals surface area (Å²) in [7, 11) is 0. The Kier molecular flexibility index (Phi) is 5.92. The van der Waals surface area contributed by atoms with Gasteiger partial charge in [0.25, 0.3) is 5.91 Å². The fraction of sp³-hybridized carbons (Fsp3) is 0.667. The molecule has 3 unspecified atom stereocenters. The number of hydrogen-bond donors (Lipinski definition) is 2. The average molecular weight is 419 g/mol. The molecule has 4 rings (SSSR count). The highest BCUT2D eigenvalue weighted by Gasteiger charge is 2.55. The van der Waals surface area contributed by atoms with Gasteiger partial charge in [0.1, 0.15) is 12.1 Å². The molecule has 3 aliphatic rings. The summed E-state index contributed by atoms with van der Waals surface area (Å²) in [6, 6.07) is 3.84. The third kappa shape index (κ3) is 3.92. The fourth-order valence-electron chi connectivity index (χ4n) is 4.99. The number of carbonyl (C=O) groups excluding carboxylic acids is 3. The number of hydrogen-bond acceptors (Lipinski definition) is 5. The summed E-state index contributed by atoms with van der Waals surface area (Å²) in [6.45, 7) is 4.36. The van der Waals surface area contributed by atoms with Crippen LogP contribution in [0, 0.1) is 5.92 Å². The van der Waals surface area contributed by atoms with Crippen molar-refractivity contribution in [3.8, 4) is 0 Å². The molecule has 29 heavy (non-hydrogen) atoms. The van der Waals surface area contributed by atoms with Gasteiger partial charge in [-0.2, -0.15) is 0 Å². The molecule has 3 heterocycles. The second-order valence-electron chi connectivity index (χ2n) is 8.52. The van der Waals surface area contributed by atoms with Crippen molar-refractivity contribution in [3.63, 3.8) is 0 Å². The van der Waals surface area contributed by atoms with E-state index >= 15 is 0 Å². The van der Waals surface area contributed by atoms with Gasteiger partial charge in [0.05, 0.1) is 6.04 Å². The van der Waals surface area contributed by atoms with Crippen LogP contribution in [0.2, 0.25) is 0 Å². The Labute approximate surface area is 175 Å². The largest absolute Gasteiger partial charge is 0.353 e. The second-order valence-corrected chi connectivity index (χ2v) is 9.50. The molecule has 4 amide bonds. The molecule has 3 atom stereocenters. The number of thiophene rings is 1. The van der Waals surface area contributed by atoms with Gasteiger partial charge in [0.2, 0.25) is 5.91 Å². The molecule has 2 saturated heterocycles. The van der Waals surface area contributed by atoms with E-state index in [0.29, 0.717) is 13.0 Å². The molecular weight excluding hydrogens is 388 g/mol. The van der Waals surface area contributed by atoms with Crippen LogP contribution in [-0.4, -0.2) is 59.4 Å². The second kappa shape index (κ2) is 8.44. The summed E-state index contributed by atoms with van der Waals surface area (Å²) in [5.74, 6) is -0.423. The minimum absolute atomic E-state index is 0.0964. The van der Waals surface area contributed by atoms with E-state index in [0.717, 1.165) is 37.3 Å². The van der Waals surface area contributed by atoms with E-state index in [1.807, 2.05) is 13.0 Å². The number of urea groups is 1. The number of imide groups is 1. The van der Waals surface area contributed by atoms with E-state index in [2.05, 4.69) is 27.0 Å². The van der Waals surface area contributed by atoms with E-state index in [1.165, 1.54) is 17.7 Å². The number of likely N-dealkylation sites (tertiary alicyclic amines) is 1. The SMILES string of the molecule is CC1CCCCC12NC(=O)N(CC(=O)NCC(c1cccs1)N1CCCC1)C2=O. The van der Waals surface area contributed by atoms with Crippen LogP contribution in [0.1, 0.15) is 56.4 Å². The number of nitrogens with one attached hydrogen (secondary N) is 2. The first kappa shape index (κ1) is 20.3. The molecule has 1 aliphatic carbocycles. The molecule has 8 heteroatoms. The maximum absolute atomic E-state index is 13.0. The Morgan fingerprint density at radius 2 is 2.10 bits per heavy atom. The Bertz CT molecular complexity index is 762. The summed E-state index contributed by atoms with van der Waals surface area (Å²) in [6.07, 6.45) is 5.94. The van der Waals surface area contributed by atoms with Crippen molar-refractivity contribution >= 4 is 29.2 Å². The van der Waals surface area contributed by atoms with Crippen LogP contribution >= 0.6 is 11.3 Å². The van der Waals surface area contributed by atoms with Crippen LogP contribution in [0.3, 0.4) is 0 Å². The normalized spacial score (nSPS) is 28.7. The van der Waals surface area contributed by atoms with Crippen LogP contribution in [0.5, 0.6) is 0 Å². The van der Waals surface area contributed by atoms with Gasteiger partial charge in [-0.05, 0) is 56.1 Å². The Morgan fingerprint density at radius 1 is 1.31 bits per heavy atom. The minimum Gasteiger partial charge on any atom is -0.353 e. The Balaban J connectivity index is 1.37. The third-order valence-electron chi connectivity index (χ3n) is 6.75. The zero-order valence-corrected chi connectivity index (χ0v) is 17.8. The quantitative estimate of drug-likeness (QED) is 0.696. The molecule has 0 radical (unpaired) electrons. The summed E-state index contributed by atoms with van der Waals surface area (Å²) >= 11 is 1.70. The molecule has 0 aromatic carbocycles. The standard InChI is InChI=1S/C21H30N4O3S/c1-15-7-2-3-9-21(15)19(27)25(20(28)23-21)14-18(26)22-13-16(17-8-6-12-29-17)24-10-4-5-11-24/h6,8,12,15-16H,2-5,7,9-11,13-14H2,1H3,(H,22,26)(H,23,28). The van der Waals surface area contributed by atoms with E-state index in [4.69, 9.17) is 0 Å². The van der Waals surface area contributed by atoms with Crippen molar-refractivity contribution in [2.75, 3.05) is 26.2 Å². The molecule has 1 spiro atoms. The van der Waals surface area contributed by atoms with Crippen molar-refractivity contribution < 1.29 is 14.4 Å². The predicted molar refractivity (Wildman–Crippen MR) is 111 cm³/mol. The molecule has 7 nitrogen and oxygen atoms in total. The van der Waals surface area contributed by atoms with E-state index in [1.54, 1.807) is 11.3 Å². The monoisotopic (exact) mass is 418 g/mol. The van der Waals surface area contributed by atoms with Crippen molar-refractivity contribution in [1.82, 2.24) is 20.4 Å². The highest BCUT2D eigenvalue weighted by Crippen LogP contribution is 2.38. The molecular formula is C21H30N4O3S. The zero-order chi connectivity index (χ0) is 20.4. The highest BCUT2D eigenvalue weighted by molar-refractivity contribution is 7.10. The number of nitrogens with zero attached hydrogens (tertiary/aromatic N) is 2. The van der Waals surface area contributed by atoms with Gasteiger partial charge >= 0.3 is 6.03 Å². The number of rotatable bonds is 6. The molecule has 158 valence electrons. The molecule has 0 bridgehead atoms. The Morgan fingerprint density at radius 3 is 2.79 bits per heavy atom. The van der Waals surface area contributed by atoms with E-state index < -0.39 is 11.6 Å². The van der Waals surface area contributed by atoms with Crippen molar-refractivity contribution in [2.24, 2.45) is 5.92 Å². The lowest BCUT2D eigenvalue weighted by molar-refractivity contribution is -0.137. The van der Waals surface area contributed by atoms with Gasteiger partial charge in [0.15, 0.2) is 0 Å². The topological polar surface area (TPSA) is 81.8 Å². The molecule has 3 fully saturated rings. The minimum atomic E-state index is -0.815. The van der Waals surface area contributed by atoms with Gasteiger partial charge in [-0.3, -0.25) is 19.4 Å². The summed E-state index contributed by atoms with van der Waals surface area (Å²) in [5.41, 5.74) is -0.815. The lowest BCUT2D eigenvalue weighted by atomic mass is 9.73. The van der Waals surface area contributed by atoms with Crippen molar-refractivity contribution in [2.45, 2.75) is 57.0 Å². The van der Waals surface area contributed by atoms with Gasteiger partial charge in [-0.1, -0.05) is 25.8 Å². The molecule has 1 aromatic heterocycles. The molecule has 2 N–H and O–H groups in total. The van der Waals surface area contributed by atoms with Crippen LogP contribution in [0.15, 0.2) is 17.5 Å². The zero-order valence-electron chi connectivity index (χ0n) is 17.0. The van der Waals surface area contributed by atoms with Crippen LogP contribution < -0.4 is 10.6 Å². The van der Waals surface area contributed by atoms with Gasteiger partial charge in [-0.25, -0.2) is 4.79 Å². The van der Waals surface area contributed by atoms with Crippen LogP contribution in [0.4, 0.5) is 4.79 Å². The van der Waals surface area contributed by atoms with Gasteiger partial charge in [0, 0.05) is 11.4 Å². The van der Waals surface area contributed by atoms with Crippen molar-refractivity contribution in [3.05, 3.63) is 22.4 Å². The van der Waals surface area contributed by atoms with E-state index in [-0.39, 0.29) is 30.3 Å². The molecule has 1 aromatic rings. The first-order valence-electron chi connectivity index (χ1n) is 10.7. The highest BCUT2D eigenvalue weighted by atomic mass is 32.1. The number of carbonyl (C=O) groups is 3. The van der Waals surface area contributed by atoms with Crippen LogP contribution in [0.25, 0.3) is 0 Å². The lowest BCUT2D eigenvalue weighted by Gasteiger charge is -2.36. The maximum atomic E-state index is 13.0. The number of amides is 4. The van der Waals surface area contributed by atoms with Gasteiger partial charge in [-0.15, -0.1) is 11.3 Å². The fourth-order valence-corrected chi connectivity index (χ4v) is 5.85. The smallest absolute Gasteiger partial charge is 0.325 e. The summed E-state index contributed by atoms with van der Waals surface area (Å²) < 4.78 is 0. The summed E-state index contributed by atoms with van der Waals surface area (Å²) in [5, 5.41) is 7.93. The maximum Gasteiger partial charge on any atom is 0.325 e. The first-order valence-corrected chi connectivity index (χ1v) is 11.6. The molecule has 1 saturated carbocycles. The van der Waals surface area contributed by atoms with Crippen LogP contribution in [-0.2, 0) is 9.59 Å². The third-order valence-corrected chi connectivity index (χ3v) is 7.72. The summed E-state index contributed by atoms with van der Waals surface area (Å²) in [4.78, 5) is 42.9. The Hall–Kier alpha value is -1.93. The van der Waals surface area contributed by atoms with Gasteiger partial charge < -0.3 is 10.6 Å². The van der Waals surface area contributed by atoms with E-state index in [9.17, 15) is 14.4 Å². The molecule has 2 aliphatic heterocycles. The lowest BCUT2D eigenvalue weighted by Crippen LogP contribution is -2.54. The van der Waals surface area contributed by atoms with Crippen molar-refractivity contribution in [1.29, 1.82) is 0 Å². The first-order chi connectivity index (χ1) is 14.0.